The molecule has 1 heterocycles. The lowest BCUT2D eigenvalue weighted by Gasteiger charge is -2.36. The van der Waals surface area contributed by atoms with Crippen molar-refractivity contribution in [3.8, 4) is 11.5 Å². The van der Waals surface area contributed by atoms with Gasteiger partial charge in [0.05, 0.1) is 26.5 Å². The third-order valence-corrected chi connectivity index (χ3v) is 4.98. The molecular formula is C22H28N2O4. The molecule has 6 heteroatoms. The number of rotatable bonds is 7. The van der Waals surface area contributed by atoms with Gasteiger partial charge in [-0.05, 0) is 37.3 Å². The highest BCUT2D eigenvalue weighted by molar-refractivity contribution is 5.94. The predicted molar refractivity (Wildman–Crippen MR) is 109 cm³/mol. The highest BCUT2D eigenvalue weighted by Gasteiger charge is 2.24. The van der Waals surface area contributed by atoms with Gasteiger partial charge in [-0.15, -0.1) is 0 Å². The Bertz CT molecular complexity index is 801. The Morgan fingerprint density at radius 1 is 0.964 bits per heavy atom. The van der Waals surface area contributed by atoms with E-state index in [1.807, 2.05) is 48.2 Å². The van der Waals surface area contributed by atoms with Crippen LogP contribution in [0.4, 0.5) is 5.69 Å². The normalized spacial score (nSPS) is 14.1. The van der Waals surface area contributed by atoms with Gasteiger partial charge in [-0.1, -0.05) is 12.1 Å². The Hall–Kier alpha value is -2.73. The standard InChI is InChI=1S/C22H28N2O4/c1-4-28-16-18-15-17(9-10-20(18)26-2)22(25)24-13-11-23(12-14-24)19-7-5-6-8-21(19)27-3/h5-10,15H,4,11-14,16H2,1-3H3. The number of methoxy groups -OCH3 is 2. The second kappa shape index (κ2) is 9.46. The Labute approximate surface area is 166 Å². The van der Waals surface area contributed by atoms with Crippen LogP contribution in [0.5, 0.6) is 11.5 Å². The lowest BCUT2D eigenvalue weighted by Crippen LogP contribution is -2.48. The second-order valence-corrected chi connectivity index (χ2v) is 6.61. The van der Waals surface area contributed by atoms with Gasteiger partial charge in [0.15, 0.2) is 0 Å². The van der Waals surface area contributed by atoms with E-state index in [4.69, 9.17) is 14.2 Å². The third-order valence-electron chi connectivity index (χ3n) is 4.98. The SMILES string of the molecule is CCOCc1cc(C(=O)N2CCN(c3ccccc3OC)CC2)ccc1OC. The zero-order valence-corrected chi connectivity index (χ0v) is 16.8. The van der Waals surface area contributed by atoms with Crippen LogP contribution in [0.15, 0.2) is 42.5 Å². The van der Waals surface area contributed by atoms with Crippen LogP contribution in [-0.4, -0.2) is 57.8 Å². The number of piperazine rings is 1. The van der Waals surface area contributed by atoms with Crippen LogP contribution in [0, 0.1) is 0 Å². The summed E-state index contributed by atoms with van der Waals surface area (Å²) in [5.74, 6) is 1.64. The lowest BCUT2D eigenvalue weighted by atomic mass is 10.1. The third kappa shape index (κ3) is 4.39. The van der Waals surface area contributed by atoms with Crippen molar-refractivity contribution in [1.29, 1.82) is 0 Å². The maximum Gasteiger partial charge on any atom is 0.253 e. The second-order valence-electron chi connectivity index (χ2n) is 6.61. The fraction of sp³-hybridized carbons (Fsp3) is 0.409. The zero-order chi connectivity index (χ0) is 19.9. The first-order valence-electron chi connectivity index (χ1n) is 9.59. The predicted octanol–water partition coefficient (Wildman–Crippen LogP) is 3.20. The summed E-state index contributed by atoms with van der Waals surface area (Å²) in [5.41, 5.74) is 2.63. The molecule has 0 bridgehead atoms. The van der Waals surface area contributed by atoms with Crippen molar-refractivity contribution in [3.63, 3.8) is 0 Å². The first kappa shape index (κ1) is 20.0. The van der Waals surface area contributed by atoms with Crippen molar-refractivity contribution in [2.24, 2.45) is 0 Å². The number of ether oxygens (including phenoxy) is 3. The van der Waals surface area contributed by atoms with Gasteiger partial charge in [0.1, 0.15) is 11.5 Å². The number of para-hydroxylation sites is 2. The van der Waals surface area contributed by atoms with E-state index < -0.39 is 0 Å². The summed E-state index contributed by atoms with van der Waals surface area (Å²) in [5, 5.41) is 0. The van der Waals surface area contributed by atoms with E-state index in [2.05, 4.69) is 11.0 Å². The monoisotopic (exact) mass is 384 g/mol. The summed E-state index contributed by atoms with van der Waals surface area (Å²) in [6.07, 6.45) is 0. The molecule has 1 fully saturated rings. The molecule has 0 radical (unpaired) electrons. The molecule has 6 nitrogen and oxygen atoms in total. The Kier molecular flexibility index (Phi) is 6.76. The van der Waals surface area contributed by atoms with Crippen molar-refractivity contribution in [3.05, 3.63) is 53.6 Å². The maximum atomic E-state index is 13.0. The van der Waals surface area contributed by atoms with Gasteiger partial charge in [0, 0.05) is 43.9 Å². The molecule has 3 rings (SSSR count). The molecule has 2 aromatic rings. The number of benzene rings is 2. The van der Waals surface area contributed by atoms with Crippen LogP contribution >= 0.6 is 0 Å². The average molecular weight is 384 g/mol. The van der Waals surface area contributed by atoms with Crippen LogP contribution in [0.1, 0.15) is 22.8 Å². The fourth-order valence-corrected chi connectivity index (χ4v) is 3.46. The van der Waals surface area contributed by atoms with Gasteiger partial charge in [0.2, 0.25) is 0 Å². The first-order chi connectivity index (χ1) is 13.7. The van der Waals surface area contributed by atoms with Gasteiger partial charge in [0.25, 0.3) is 5.91 Å². The molecular weight excluding hydrogens is 356 g/mol. The van der Waals surface area contributed by atoms with E-state index in [1.165, 1.54) is 0 Å². The molecule has 0 N–H and O–H groups in total. The van der Waals surface area contributed by atoms with Crippen molar-refractivity contribution in [2.75, 3.05) is 51.9 Å². The summed E-state index contributed by atoms with van der Waals surface area (Å²) < 4.78 is 16.4. The van der Waals surface area contributed by atoms with Gasteiger partial charge in [-0.25, -0.2) is 0 Å². The summed E-state index contributed by atoms with van der Waals surface area (Å²) in [4.78, 5) is 17.2. The zero-order valence-electron chi connectivity index (χ0n) is 16.8. The van der Waals surface area contributed by atoms with Crippen molar-refractivity contribution in [1.82, 2.24) is 4.90 Å². The van der Waals surface area contributed by atoms with Gasteiger partial charge in [-0.3, -0.25) is 4.79 Å². The van der Waals surface area contributed by atoms with E-state index in [-0.39, 0.29) is 5.91 Å². The van der Waals surface area contributed by atoms with E-state index in [9.17, 15) is 4.79 Å². The first-order valence-corrected chi connectivity index (χ1v) is 9.59. The van der Waals surface area contributed by atoms with Crippen LogP contribution < -0.4 is 14.4 Å². The molecule has 0 atom stereocenters. The Balaban J connectivity index is 1.68. The molecule has 0 aliphatic carbocycles. The number of amides is 1. The molecule has 1 aliphatic heterocycles. The van der Waals surface area contributed by atoms with Gasteiger partial charge >= 0.3 is 0 Å². The summed E-state index contributed by atoms with van der Waals surface area (Å²) >= 11 is 0. The summed E-state index contributed by atoms with van der Waals surface area (Å²) in [7, 11) is 3.31. The van der Waals surface area contributed by atoms with E-state index in [0.717, 1.165) is 35.8 Å². The number of carbonyl (C=O) groups excluding carboxylic acids is 1. The number of carbonyl (C=O) groups is 1. The minimum Gasteiger partial charge on any atom is -0.496 e. The van der Waals surface area contributed by atoms with Crippen molar-refractivity contribution in [2.45, 2.75) is 13.5 Å². The molecule has 1 saturated heterocycles. The van der Waals surface area contributed by atoms with E-state index in [1.54, 1.807) is 14.2 Å². The highest BCUT2D eigenvalue weighted by atomic mass is 16.5. The maximum absolute atomic E-state index is 13.0. The van der Waals surface area contributed by atoms with Crippen LogP contribution in [-0.2, 0) is 11.3 Å². The van der Waals surface area contributed by atoms with E-state index >= 15 is 0 Å². The van der Waals surface area contributed by atoms with Crippen LogP contribution in [0.3, 0.4) is 0 Å². The molecule has 0 spiro atoms. The van der Waals surface area contributed by atoms with Crippen molar-refractivity contribution < 1.29 is 19.0 Å². The quantitative estimate of drug-likeness (QED) is 0.734. The Morgan fingerprint density at radius 3 is 2.36 bits per heavy atom. The average Bonchev–Trinajstić information content (AvgIpc) is 2.77. The molecule has 2 aromatic carbocycles. The number of hydrogen-bond acceptors (Lipinski definition) is 5. The molecule has 0 unspecified atom stereocenters. The number of hydrogen-bond donors (Lipinski definition) is 0. The number of nitrogens with zero attached hydrogens (tertiary/aromatic N) is 2. The minimum atomic E-state index is 0.0417. The fourth-order valence-electron chi connectivity index (χ4n) is 3.46. The van der Waals surface area contributed by atoms with E-state index in [0.29, 0.717) is 31.9 Å². The van der Waals surface area contributed by atoms with Gasteiger partial charge in [-0.2, -0.15) is 0 Å². The molecule has 1 amide bonds. The smallest absolute Gasteiger partial charge is 0.253 e. The van der Waals surface area contributed by atoms with Gasteiger partial charge < -0.3 is 24.0 Å². The molecule has 1 aliphatic rings. The topological polar surface area (TPSA) is 51.2 Å². The molecule has 0 saturated carbocycles. The number of anilines is 1. The lowest BCUT2D eigenvalue weighted by molar-refractivity contribution is 0.0746. The molecule has 150 valence electrons. The summed E-state index contributed by atoms with van der Waals surface area (Å²) in [6, 6.07) is 13.5. The minimum absolute atomic E-state index is 0.0417. The Morgan fingerprint density at radius 2 is 1.68 bits per heavy atom. The van der Waals surface area contributed by atoms with Crippen molar-refractivity contribution >= 4 is 11.6 Å². The summed E-state index contributed by atoms with van der Waals surface area (Å²) in [6.45, 7) is 5.88. The van der Waals surface area contributed by atoms with Crippen LogP contribution in [0.25, 0.3) is 0 Å². The molecule has 0 aromatic heterocycles. The molecule has 28 heavy (non-hydrogen) atoms. The highest BCUT2D eigenvalue weighted by Crippen LogP contribution is 2.29. The largest absolute Gasteiger partial charge is 0.496 e. The van der Waals surface area contributed by atoms with Crippen LogP contribution in [0.2, 0.25) is 0 Å².